The summed E-state index contributed by atoms with van der Waals surface area (Å²) in [6.45, 7) is 1.76. The van der Waals surface area contributed by atoms with E-state index in [-0.39, 0.29) is 12.5 Å². The van der Waals surface area contributed by atoms with Crippen LogP contribution >= 0.6 is 11.6 Å². The maximum absolute atomic E-state index is 11.8. The number of hydrogen-bond donors (Lipinski definition) is 2. The van der Waals surface area contributed by atoms with Gasteiger partial charge in [-0.15, -0.1) is 0 Å². The highest BCUT2D eigenvalue weighted by molar-refractivity contribution is 6.33. The van der Waals surface area contributed by atoms with Gasteiger partial charge in [0.1, 0.15) is 5.76 Å². The number of hydrogen-bond acceptors (Lipinski definition) is 6. The summed E-state index contributed by atoms with van der Waals surface area (Å²) < 4.78 is 15.2. The minimum Gasteiger partial charge on any atom is -0.493 e. The number of nitrogens with zero attached hydrogens (tertiary/aromatic N) is 1. The van der Waals surface area contributed by atoms with Gasteiger partial charge in [-0.2, -0.15) is 0 Å². The molecular formula is C14H16ClN3O4. The van der Waals surface area contributed by atoms with Gasteiger partial charge >= 0.3 is 0 Å². The van der Waals surface area contributed by atoms with Gasteiger partial charge in [-0.1, -0.05) is 16.8 Å². The highest BCUT2D eigenvalue weighted by atomic mass is 35.5. The summed E-state index contributed by atoms with van der Waals surface area (Å²) in [6.07, 6.45) is 0. The van der Waals surface area contributed by atoms with Crippen LogP contribution in [0.25, 0.3) is 0 Å². The van der Waals surface area contributed by atoms with E-state index in [0.717, 1.165) is 0 Å². The van der Waals surface area contributed by atoms with Crippen molar-refractivity contribution in [2.75, 3.05) is 31.4 Å². The lowest BCUT2D eigenvalue weighted by atomic mass is 10.2. The number of nitrogens with one attached hydrogen (secondary N) is 2. The Morgan fingerprint density at radius 3 is 2.55 bits per heavy atom. The van der Waals surface area contributed by atoms with Crippen LogP contribution < -0.4 is 20.1 Å². The fourth-order valence-electron chi connectivity index (χ4n) is 1.78. The van der Waals surface area contributed by atoms with E-state index in [9.17, 15) is 4.79 Å². The van der Waals surface area contributed by atoms with Gasteiger partial charge in [-0.25, -0.2) is 0 Å². The maximum Gasteiger partial charge on any atom is 0.244 e. The molecule has 118 valence electrons. The summed E-state index contributed by atoms with van der Waals surface area (Å²) in [7, 11) is 3.05. The molecule has 1 aromatic carbocycles. The summed E-state index contributed by atoms with van der Waals surface area (Å²) in [5.74, 6) is 1.73. The molecule has 1 amide bonds. The zero-order chi connectivity index (χ0) is 16.1. The third-order valence-corrected chi connectivity index (χ3v) is 3.12. The molecule has 1 aromatic heterocycles. The monoisotopic (exact) mass is 325 g/mol. The van der Waals surface area contributed by atoms with Crippen LogP contribution in [0.15, 0.2) is 22.7 Å². The van der Waals surface area contributed by atoms with E-state index in [1.54, 1.807) is 25.1 Å². The van der Waals surface area contributed by atoms with Crippen molar-refractivity contribution in [3.8, 4) is 11.5 Å². The molecule has 0 aliphatic heterocycles. The van der Waals surface area contributed by atoms with Crippen LogP contribution in [0.5, 0.6) is 11.5 Å². The lowest BCUT2D eigenvalue weighted by molar-refractivity contribution is -0.114. The highest BCUT2D eigenvalue weighted by Gasteiger charge is 2.11. The van der Waals surface area contributed by atoms with E-state index in [2.05, 4.69) is 15.8 Å². The molecule has 2 N–H and O–H groups in total. The molecule has 2 rings (SSSR count). The number of benzene rings is 1. The second-order valence-electron chi connectivity index (χ2n) is 4.41. The van der Waals surface area contributed by atoms with Gasteiger partial charge in [0.2, 0.25) is 5.91 Å². The first-order valence-electron chi connectivity index (χ1n) is 6.42. The zero-order valence-corrected chi connectivity index (χ0v) is 13.2. The molecule has 0 saturated carbocycles. The number of aryl methyl sites for hydroxylation is 1. The Hall–Kier alpha value is -2.41. The summed E-state index contributed by atoms with van der Waals surface area (Å²) in [5, 5.41) is 9.63. The van der Waals surface area contributed by atoms with Gasteiger partial charge < -0.3 is 24.6 Å². The van der Waals surface area contributed by atoms with Crippen LogP contribution in [0.1, 0.15) is 5.76 Å². The molecule has 8 heteroatoms. The smallest absolute Gasteiger partial charge is 0.244 e. The van der Waals surface area contributed by atoms with Gasteiger partial charge in [-0.3, -0.25) is 4.79 Å². The third-order valence-electron chi connectivity index (χ3n) is 2.81. The summed E-state index contributed by atoms with van der Waals surface area (Å²) in [6, 6.07) is 4.90. The van der Waals surface area contributed by atoms with Crippen LogP contribution in [-0.4, -0.2) is 31.8 Å². The first kappa shape index (κ1) is 16.0. The van der Waals surface area contributed by atoms with Gasteiger partial charge in [0, 0.05) is 18.2 Å². The zero-order valence-electron chi connectivity index (χ0n) is 12.4. The van der Waals surface area contributed by atoms with Crippen molar-refractivity contribution < 1.29 is 18.8 Å². The Morgan fingerprint density at radius 1 is 1.27 bits per heavy atom. The van der Waals surface area contributed by atoms with E-state index in [4.69, 9.17) is 25.6 Å². The molecule has 0 spiro atoms. The van der Waals surface area contributed by atoms with E-state index in [1.807, 2.05) is 0 Å². The van der Waals surface area contributed by atoms with E-state index in [0.29, 0.717) is 33.8 Å². The number of carbonyl (C=O) groups excluding carboxylic acids is 1. The normalized spacial score (nSPS) is 10.2. The maximum atomic E-state index is 11.8. The Balaban J connectivity index is 2.00. The number of halogens is 1. The molecule has 22 heavy (non-hydrogen) atoms. The van der Waals surface area contributed by atoms with E-state index < -0.39 is 0 Å². The van der Waals surface area contributed by atoms with Crippen molar-refractivity contribution in [1.29, 1.82) is 0 Å². The van der Waals surface area contributed by atoms with Crippen molar-refractivity contribution in [1.82, 2.24) is 5.16 Å². The van der Waals surface area contributed by atoms with Crippen LogP contribution in [0.4, 0.5) is 11.5 Å². The fourth-order valence-corrected chi connectivity index (χ4v) is 2.00. The van der Waals surface area contributed by atoms with E-state index in [1.165, 1.54) is 14.2 Å². The average Bonchev–Trinajstić information content (AvgIpc) is 2.90. The molecule has 0 aliphatic carbocycles. The van der Waals surface area contributed by atoms with Gasteiger partial charge in [0.15, 0.2) is 17.3 Å². The summed E-state index contributed by atoms with van der Waals surface area (Å²) >= 11 is 6.13. The van der Waals surface area contributed by atoms with Crippen molar-refractivity contribution in [2.24, 2.45) is 0 Å². The minimum absolute atomic E-state index is 0.0150. The first-order valence-corrected chi connectivity index (χ1v) is 6.80. The second-order valence-corrected chi connectivity index (χ2v) is 4.82. The van der Waals surface area contributed by atoms with E-state index >= 15 is 0 Å². The molecule has 0 saturated heterocycles. The number of carbonyl (C=O) groups is 1. The molecule has 0 aliphatic rings. The predicted molar refractivity (Wildman–Crippen MR) is 82.9 cm³/mol. The Kier molecular flexibility index (Phi) is 5.11. The van der Waals surface area contributed by atoms with Crippen molar-refractivity contribution in [3.05, 3.63) is 29.0 Å². The van der Waals surface area contributed by atoms with Crippen LogP contribution in [0.2, 0.25) is 5.02 Å². The lowest BCUT2D eigenvalue weighted by Gasteiger charge is -2.13. The fraction of sp³-hybridized carbons (Fsp3) is 0.286. The minimum atomic E-state index is -0.279. The number of aromatic nitrogens is 1. The molecule has 2 aromatic rings. The number of rotatable bonds is 6. The number of ether oxygens (including phenoxy) is 2. The van der Waals surface area contributed by atoms with Crippen LogP contribution in [0, 0.1) is 6.92 Å². The highest BCUT2D eigenvalue weighted by Crippen LogP contribution is 2.35. The molecule has 0 unspecified atom stereocenters. The molecule has 7 nitrogen and oxygen atoms in total. The number of methoxy groups -OCH3 is 2. The summed E-state index contributed by atoms with van der Waals surface area (Å²) in [4.78, 5) is 11.8. The second kappa shape index (κ2) is 7.04. The van der Waals surface area contributed by atoms with Crippen molar-refractivity contribution in [2.45, 2.75) is 6.92 Å². The average molecular weight is 326 g/mol. The topological polar surface area (TPSA) is 85.6 Å². The molecule has 0 radical (unpaired) electrons. The quantitative estimate of drug-likeness (QED) is 0.849. The molecule has 0 fully saturated rings. The van der Waals surface area contributed by atoms with Gasteiger partial charge in [0.25, 0.3) is 0 Å². The largest absolute Gasteiger partial charge is 0.493 e. The Morgan fingerprint density at radius 2 is 1.95 bits per heavy atom. The Labute approximate surface area is 132 Å². The van der Waals surface area contributed by atoms with Gasteiger partial charge in [0.05, 0.1) is 31.5 Å². The number of anilines is 2. The molecule has 1 heterocycles. The molecular weight excluding hydrogens is 310 g/mol. The molecule has 0 atom stereocenters. The standard InChI is InChI=1S/C14H16ClN3O4/c1-8-4-13(18-22-8)17-14(19)7-16-10-6-12(21-3)11(20-2)5-9(10)15/h4-6,16H,7H2,1-3H3,(H,17,18,19). The number of amides is 1. The Bertz CT molecular complexity index is 672. The third kappa shape index (κ3) is 3.82. The first-order chi connectivity index (χ1) is 10.5. The van der Waals surface area contributed by atoms with Crippen LogP contribution in [0.3, 0.4) is 0 Å². The summed E-state index contributed by atoms with van der Waals surface area (Å²) in [5.41, 5.74) is 0.561. The lowest BCUT2D eigenvalue weighted by Crippen LogP contribution is -2.22. The van der Waals surface area contributed by atoms with Crippen LogP contribution in [-0.2, 0) is 4.79 Å². The van der Waals surface area contributed by atoms with Crippen molar-refractivity contribution >= 4 is 29.0 Å². The van der Waals surface area contributed by atoms with Crippen molar-refractivity contribution in [3.63, 3.8) is 0 Å². The van der Waals surface area contributed by atoms with Gasteiger partial charge in [-0.05, 0) is 6.92 Å². The SMILES string of the molecule is COc1cc(Cl)c(NCC(=O)Nc2cc(C)on2)cc1OC. The predicted octanol–water partition coefficient (Wildman–Crippen LogP) is 2.70. The molecule has 0 bridgehead atoms.